The van der Waals surface area contributed by atoms with E-state index in [0.29, 0.717) is 6.42 Å². The Morgan fingerprint density at radius 1 is 1.18 bits per heavy atom. The molecule has 1 amide bonds. The first-order valence-electron chi connectivity index (χ1n) is 10.0. The predicted molar refractivity (Wildman–Crippen MR) is 114 cm³/mol. The molecule has 7 nitrogen and oxygen atoms in total. The minimum Gasteiger partial charge on any atom is -0.376 e. The molecule has 174 valence electrons. The van der Waals surface area contributed by atoms with Crippen molar-refractivity contribution in [2.75, 3.05) is 0 Å². The number of fused-ring (bicyclic) bond motifs is 1. The third-order valence-electron chi connectivity index (χ3n) is 5.44. The van der Waals surface area contributed by atoms with Gasteiger partial charge >= 0.3 is 15.6 Å². The van der Waals surface area contributed by atoms with Crippen LogP contribution in [0.2, 0.25) is 0 Å². The molecule has 0 fully saturated rings. The molecule has 1 aliphatic carbocycles. The van der Waals surface area contributed by atoms with E-state index in [1.54, 1.807) is 10.9 Å². The van der Waals surface area contributed by atoms with Gasteiger partial charge in [-0.2, -0.15) is 26.7 Å². The lowest BCUT2D eigenvalue weighted by molar-refractivity contribution is -0.0500. The SMILES string of the molecule is Cn1cc(-c2cccc3c2CC(NC(=O)c2ccc(OS(=O)(=O)C(F)(F)F)cc2)CC3)cn1. The average Bonchev–Trinajstić information content (AvgIpc) is 3.18. The molecule has 11 heteroatoms. The molecular weight excluding hydrogens is 459 g/mol. The van der Waals surface area contributed by atoms with Gasteiger partial charge in [0.1, 0.15) is 5.75 Å². The fourth-order valence-electron chi connectivity index (χ4n) is 3.85. The van der Waals surface area contributed by atoms with Gasteiger partial charge < -0.3 is 9.50 Å². The molecule has 3 aromatic rings. The third kappa shape index (κ3) is 4.87. The Bertz CT molecular complexity index is 1280. The first-order chi connectivity index (χ1) is 15.5. The van der Waals surface area contributed by atoms with Crippen LogP contribution < -0.4 is 9.50 Å². The Kier molecular flexibility index (Phi) is 5.91. The monoisotopic (exact) mass is 479 g/mol. The molecule has 33 heavy (non-hydrogen) atoms. The lowest BCUT2D eigenvalue weighted by atomic mass is 9.84. The number of benzene rings is 2. The number of carbonyl (C=O) groups excluding carboxylic acids is 1. The summed E-state index contributed by atoms with van der Waals surface area (Å²) in [6, 6.07) is 10.4. The molecule has 1 unspecified atom stereocenters. The second kappa shape index (κ2) is 8.54. The number of halogens is 3. The largest absolute Gasteiger partial charge is 0.534 e. The van der Waals surface area contributed by atoms with Crippen LogP contribution >= 0.6 is 0 Å². The number of aromatic nitrogens is 2. The Hall–Kier alpha value is -3.34. The van der Waals surface area contributed by atoms with Crippen molar-refractivity contribution in [3.8, 4) is 16.9 Å². The maximum atomic E-state index is 12.7. The van der Waals surface area contributed by atoms with E-state index in [-0.39, 0.29) is 11.6 Å². The second-order valence-corrected chi connectivity index (χ2v) is 9.30. The number of nitrogens with zero attached hydrogens (tertiary/aromatic N) is 2. The standard InChI is InChI=1S/C22H20F3N3O4S/c1-28-13-16(12-26-28)19-4-2-3-14-5-8-17(11-20(14)19)27-21(29)15-6-9-18(10-7-15)32-33(30,31)22(23,24)25/h2-4,6-7,9-10,12-13,17H,5,8,11H2,1H3,(H,27,29). The predicted octanol–water partition coefficient (Wildman–Crippen LogP) is 3.60. The molecule has 0 bridgehead atoms. The van der Waals surface area contributed by atoms with Gasteiger partial charge in [0.2, 0.25) is 0 Å². The minimum atomic E-state index is -5.77. The Morgan fingerprint density at radius 3 is 2.55 bits per heavy atom. The van der Waals surface area contributed by atoms with Crippen LogP contribution in [0.1, 0.15) is 27.9 Å². The molecule has 0 saturated carbocycles. The van der Waals surface area contributed by atoms with Crippen molar-refractivity contribution in [2.45, 2.75) is 30.8 Å². The van der Waals surface area contributed by atoms with Gasteiger partial charge in [-0.1, -0.05) is 18.2 Å². The Balaban J connectivity index is 1.45. The number of aryl methyl sites for hydroxylation is 2. The summed E-state index contributed by atoms with van der Waals surface area (Å²) in [4.78, 5) is 12.7. The van der Waals surface area contributed by atoms with E-state index in [4.69, 9.17) is 0 Å². The van der Waals surface area contributed by atoms with Crippen molar-refractivity contribution in [3.05, 3.63) is 71.5 Å². The van der Waals surface area contributed by atoms with Gasteiger partial charge in [0.05, 0.1) is 6.20 Å². The summed E-state index contributed by atoms with van der Waals surface area (Å²) in [6.07, 6.45) is 5.87. The normalized spacial score (nSPS) is 16.2. The Labute approximate surface area is 188 Å². The number of alkyl halides is 3. The van der Waals surface area contributed by atoms with Gasteiger partial charge in [-0.15, -0.1) is 0 Å². The van der Waals surface area contributed by atoms with Crippen LogP contribution in [0, 0.1) is 0 Å². The maximum Gasteiger partial charge on any atom is 0.534 e. The maximum absolute atomic E-state index is 12.7. The van der Waals surface area contributed by atoms with Gasteiger partial charge in [-0.25, -0.2) is 0 Å². The fourth-order valence-corrected chi connectivity index (χ4v) is 4.31. The van der Waals surface area contributed by atoms with Crippen LogP contribution in [0.25, 0.3) is 11.1 Å². The van der Waals surface area contributed by atoms with Crippen LogP contribution in [0.5, 0.6) is 5.75 Å². The zero-order valence-electron chi connectivity index (χ0n) is 17.5. The number of nitrogens with one attached hydrogen (secondary N) is 1. The highest BCUT2D eigenvalue weighted by atomic mass is 32.2. The second-order valence-electron chi connectivity index (χ2n) is 7.77. The molecule has 1 heterocycles. The molecule has 4 rings (SSSR count). The van der Waals surface area contributed by atoms with Crippen LogP contribution in [0.4, 0.5) is 13.2 Å². The Morgan fingerprint density at radius 2 is 1.91 bits per heavy atom. The fraction of sp³-hybridized carbons (Fsp3) is 0.273. The van der Waals surface area contributed by atoms with Gasteiger partial charge in [-0.3, -0.25) is 9.48 Å². The topological polar surface area (TPSA) is 90.3 Å². The molecule has 1 aliphatic rings. The lowest BCUT2D eigenvalue weighted by Gasteiger charge is -2.27. The van der Waals surface area contributed by atoms with Crippen molar-refractivity contribution in [1.82, 2.24) is 15.1 Å². The molecule has 0 spiro atoms. The van der Waals surface area contributed by atoms with Crippen molar-refractivity contribution in [3.63, 3.8) is 0 Å². The lowest BCUT2D eigenvalue weighted by Crippen LogP contribution is -2.39. The molecule has 1 atom stereocenters. The van der Waals surface area contributed by atoms with Crippen molar-refractivity contribution in [2.24, 2.45) is 7.05 Å². The molecule has 2 aromatic carbocycles. The smallest absolute Gasteiger partial charge is 0.376 e. The summed E-state index contributed by atoms with van der Waals surface area (Å²) >= 11 is 0. The van der Waals surface area contributed by atoms with E-state index in [0.717, 1.165) is 41.7 Å². The zero-order valence-corrected chi connectivity index (χ0v) is 18.3. The number of hydrogen-bond donors (Lipinski definition) is 1. The first kappa shape index (κ1) is 22.8. The number of carbonyl (C=O) groups is 1. The van der Waals surface area contributed by atoms with Gasteiger partial charge in [-0.05, 0) is 60.2 Å². The van der Waals surface area contributed by atoms with Crippen molar-refractivity contribution >= 4 is 16.0 Å². The molecular formula is C22H20F3N3O4S. The van der Waals surface area contributed by atoms with E-state index in [1.807, 2.05) is 25.4 Å². The van der Waals surface area contributed by atoms with Gasteiger partial charge in [0, 0.05) is 30.4 Å². The molecule has 0 saturated heterocycles. The minimum absolute atomic E-state index is 0.135. The van der Waals surface area contributed by atoms with Gasteiger partial charge in [0.15, 0.2) is 0 Å². The van der Waals surface area contributed by atoms with E-state index in [1.165, 1.54) is 17.7 Å². The number of rotatable bonds is 5. The van der Waals surface area contributed by atoms with Crippen LogP contribution in [0.15, 0.2) is 54.9 Å². The third-order valence-corrected chi connectivity index (χ3v) is 6.42. The van der Waals surface area contributed by atoms with E-state index < -0.39 is 27.3 Å². The molecule has 1 aromatic heterocycles. The molecule has 1 N–H and O–H groups in total. The summed E-state index contributed by atoms with van der Waals surface area (Å²) in [7, 11) is -3.92. The van der Waals surface area contributed by atoms with Crippen molar-refractivity contribution < 1.29 is 30.6 Å². The summed E-state index contributed by atoms with van der Waals surface area (Å²) in [5.41, 5.74) is -0.942. The zero-order chi connectivity index (χ0) is 23.8. The summed E-state index contributed by atoms with van der Waals surface area (Å²) in [5, 5.41) is 7.18. The highest BCUT2D eigenvalue weighted by Crippen LogP contribution is 2.32. The van der Waals surface area contributed by atoms with Gasteiger partial charge in [0.25, 0.3) is 5.91 Å². The van der Waals surface area contributed by atoms with E-state index >= 15 is 0 Å². The van der Waals surface area contributed by atoms with Crippen LogP contribution in [-0.4, -0.2) is 35.7 Å². The summed E-state index contributed by atoms with van der Waals surface area (Å²) in [6.45, 7) is 0. The quantitative estimate of drug-likeness (QED) is 0.446. The average molecular weight is 479 g/mol. The first-order valence-corrected chi connectivity index (χ1v) is 11.5. The molecule has 0 radical (unpaired) electrons. The van der Waals surface area contributed by atoms with Crippen LogP contribution in [-0.2, 0) is 30.0 Å². The van der Waals surface area contributed by atoms with E-state index in [9.17, 15) is 26.4 Å². The summed E-state index contributed by atoms with van der Waals surface area (Å²) in [5.74, 6) is -0.941. The van der Waals surface area contributed by atoms with Crippen LogP contribution in [0.3, 0.4) is 0 Å². The number of amides is 1. The summed E-state index contributed by atoms with van der Waals surface area (Å²) < 4.78 is 65.3. The van der Waals surface area contributed by atoms with E-state index in [2.05, 4.69) is 20.7 Å². The number of hydrogen-bond acceptors (Lipinski definition) is 5. The highest BCUT2D eigenvalue weighted by Gasteiger charge is 2.48. The highest BCUT2D eigenvalue weighted by molar-refractivity contribution is 7.88. The van der Waals surface area contributed by atoms with Crippen molar-refractivity contribution in [1.29, 1.82) is 0 Å². The molecule has 0 aliphatic heterocycles.